The maximum Gasteiger partial charge on any atom is 0.0435 e. The van der Waals surface area contributed by atoms with E-state index in [0.717, 1.165) is 19.5 Å². The highest BCUT2D eigenvalue weighted by Gasteiger charge is 2.24. The Morgan fingerprint density at radius 2 is 2.18 bits per heavy atom. The average molecular weight is 233 g/mol. The van der Waals surface area contributed by atoms with E-state index in [1.54, 1.807) is 0 Å². The number of nitrogens with two attached hydrogens (primary N) is 1. The van der Waals surface area contributed by atoms with Crippen molar-refractivity contribution in [2.45, 2.75) is 45.1 Å². The van der Waals surface area contributed by atoms with Crippen molar-refractivity contribution in [3.05, 3.63) is 24.0 Å². The van der Waals surface area contributed by atoms with Crippen LogP contribution in [0, 0.1) is 0 Å². The van der Waals surface area contributed by atoms with Crippen LogP contribution in [0.5, 0.6) is 0 Å². The predicted molar refractivity (Wildman–Crippen MR) is 72.4 cm³/mol. The van der Waals surface area contributed by atoms with Crippen molar-refractivity contribution in [1.29, 1.82) is 0 Å². The zero-order valence-electron chi connectivity index (χ0n) is 11.1. The third kappa shape index (κ3) is 2.78. The molecule has 1 saturated heterocycles. The van der Waals surface area contributed by atoms with E-state index in [1.807, 2.05) is 12.4 Å². The Labute approximate surface area is 104 Å². The second kappa shape index (κ2) is 4.65. The van der Waals surface area contributed by atoms with Gasteiger partial charge >= 0.3 is 0 Å². The lowest BCUT2D eigenvalue weighted by Crippen LogP contribution is -2.43. The minimum absolute atomic E-state index is 0.130. The molecular formula is C14H23N3. The standard InChI is InChI=1S/C14H23N3/c1-14(2,3)12-9-16-7-6-13(12)17-8-4-5-11(15)10-17/h6-7,9,11H,4-5,8,10,15H2,1-3H3/t11-/m1/s1. The van der Waals surface area contributed by atoms with Crippen molar-refractivity contribution in [2.24, 2.45) is 5.73 Å². The van der Waals surface area contributed by atoms with Gasteiger partial charge in [0.05, 0.1) is 0 Å². The molecule has 2 N–H and O–H groups in total. The number of anilines is 1. The Balaban J connectivity index is 2.31. The SMILES string of the molecule is CC(C)(C)c1cnccc1N1CCC[C@@H](N)C1. The first-order valence-corrected chi connectivity index (χ1v) is 6.43. The quantitative estimate of drug-likeness (QED) is 0.809. The Hall–Kier alpha value is -1.09. The molecule has 0 amide bonds. The minimum atomic E-state index is 0.130. The molecule has 17 heavy (non-hydrogen) atoms. The molecule has 1 aromatic rings. The van der Waals surface area contributed by atoms with E-state index in [9.17, 15) is 0 Å². The van der Waals surface area contributed by atoms with Crippen LogP contribution in [0.25, 0.3) is 0 Å². The lowest BCUT2D eigenvalue weighted by Gasteiger charge is -2.36. The van der Waals surface area contributed by atoms with Crippen LogP contribution in [-0.2, 0) is 5.41 Å². The fourth-order valence-electron chi connectivity index (χ4n) is 2.47. The molecule has 0 bridgehead atoms. The summed E-state index contributed by atoms with van der Waals surface area (Å²) >= 11 is 0. The summed E-state index contributed by atoms with van der Waals surface area (Å²) in [5, 5.41) is 0. The zero-order chi connectivity index (χ0) is 12.5. The van der Waals surface area contributed by atoms with Gasteiger partial charge in [0.15, 0.2) is 0 Å². The smallest absolute Gasteiger partial charge is 0.0435 e. The first kappa shape index (κ1) is 12.4. The second-order valence-corrected chi connectivity index (χ2v) is 5.99. The first-order chi connectivity index (χ1) is 7.98. The van der Waals surface area contributed by atoms with Gasteiger partial charge in [0.2, 0.25) is 0 Å². The Kier molecular flexibility index (Phi) is 3.38. The summed E-state index contributed by atoms with van der Waals surface area (Å²) in [4.78, 5) is 6.68. The summed E-state index contributed by atoms with van der Waals surface area (Å²) in [5.41, 5.74) is 8.82. The number of hydrogen-bond donors (Lipinski definition) is 1. The van der Waals surface area contributed by atoms with E-state index in [1.165, 1.54) is 17.7 Å². The second-order valence-electron chi connectivity index (χ2n) is 5.99. The van der Waals surface area contributed by atoms with Crippen molar-refractivity contribution in [3.63, 3.8) is 0 Å². The average Bonchev–Trinajstić information content (AvgIpc) is 2.28. The fourth-order valence-corrected chi connectivity index (χ4v) is 2.47. The molecule has 3 heteroatoms. The molecule has 2 rings (SSSR count). The Morgan fingerprint density at radius 1 is 1.41 bits per heavy atom. The van der Waals surface area contributed by atoms with Crippen LogP contribution >= 0.6 is 0 Å². The molecule has 3 nitrogen and oxygen atoms in total. The predicted octanol–water partition coefficient (Wildman–Crippen LogP) is 2.31. The van der Waals surface area contributed by atoms with E-state index in [2.05, 4.69) is 36.7 Å². The highest BCUT2D eigenvalue weighted by molar-refractivity contribution is 5.55. The zero-order valence-corrected chi connectivity index (χ0v) is 11.1. The van der Waals surface area contributed by atoms with Crippen molar-refractivity contribution in [1.82, 2.24) is 4.98 Å². The van der Waals surface area contributed by atoms with Crippen molar-refractivity contribution in [2.75, 3.05) is 18.0 Å². The summed E-state index contributed by atoms with van der Waals surface area (Å²) < 4.78 is 0. The van der Waals surface area contributed by atoms with Crippen LogP contribution in [0.2, 0.25) is 0 Å². The van der Waals surface area contributed by atoms with Gasteiger partial charge in [-0.3, -0.25) is 4.98 Å². The maximum absolute atomic E-state index is 6.06. The monoisotopic (exact) mass is 233 g/mol. The van der Waals surface area contributed by atoms with Crippen LogP contribution in [0.15, 0.2) is 18.5 Å². The first-order valence-electron chi connectivity index (χ1n) is 6.43. The van der Waals surface area contributed by atoms with Crippen LogP contribution in [0.1, 0.15) is 39.2 Å². The van der Waals surface area contributed by atoms with Crippen molar-refractivity contribution in [3.8, 4) is 0 Å². The molecule has 1 fully saturated rings. The molecule has 0 unspecified atom stereocenters. The van der Waals surface area contributed by atoms with E-state index in [4.69, 9.17) is 5.73 Å². The fraction of sp³-hybridized carbons (Fsp3) is 0.643. The Morgan fingerprint density at radius 3 is 2.82 bits per heavy atom. The molecule has 0 spiro atoms. The number of nitrogens with zero attached hydrogens (tertiary/aromatic N) is 2. The van der Waals surface area contributed by atoms with Crippen LogP contribution in [0.4, 0.5) is 5.69 Å². The Bertz CT molecular complexity index is 381. The van der Waals surface area contributed by atoms with E-state index in [-0.39, 0.29) is 5.41 Å². The molecule has 0 radical (unpaired) electrons. The number of piperidine rings is 1. The summed E-state index contributed by atoms with van der Waals surface area (Å²) in [7, 11) is 0. The maximum atomic E-state index is 6.06. The van der Waals surface area contributed by atoms with Gasteiger partial charge in [-0.05, 0) is 29.9 Å². The molecule has 0 aliphatic carbocycles. The lowest BCUT2D eigenvalue weighted by molar-refractivity contribution is 0.499. The van der Waals surface area contributed by atoms with Gasteiger partial charge in [0.25, 0.3) is 0 Å². The van der Waals surface area contributed by atoms with Crippen molar-refractivity contribution < 1.29 is 0 Å². The third-order valence-corrected chi connectivity index (χ3v) is 3.40. The molecule has 0 aromatic carbocycles. The number of aromatic nitrogens is 1. The summed E-state index contributed by atoms with van der Waals surface area (Å²) in [6, 6.07) is 2.43. The molecule has 0 saturated carbocycles. The van der Waals surface area contributed by atoms with Gasteiger partial charge in [0.1, 0.15) is 0 Å². The normalized spacial score (nSPS) is 21.6. The molecule has 1 aromatic heterocycles. The summed E-state index contributed by atoms with van der Waals surface area (Å²) in [6.07, 6.45) is 6.21. The summed E-state index contributed by atoms with van der Waals surface area (Å²) in [6.45, 7) is 8.78. The van der Waals surface area contributed by atoms with Gasteiger partial charge in [-0.15, -0.1) is 0 Å². The summed E-state index contributed by atoms with van der Waals surface area (Å²) in [5.74, 6) is 0. The third-order valence-electron chi connectivity index (χ3n) is 3.40. The highest BCUT2D eigenvalue weighted by Crippen LogP contribution is 2.32. The largest absolute Gasteiger partial charge is 0.370 e. The van der Waals surface area contributed by atoms with Crippen LogP contribution < -0.4 is 10.6 Å². The topological polar surface area (TPSA) is 42.2 Å². The molecule has 1 aliphatic heterocycles. The lowest BCUT2D eigenvalue weighted by atomic mass is 9.86. The number of hydrogen-bond acceptors (Lipinski definition) is 3. The van der Waals surface area contributed by atoms with Crippen LogP contribution in [-0.4, -0.2) is 24.1 Å². The van der Waals surface area contributed by atoms with E-state index < -0.39 is 0 Å². The molecular weight excluding hydrogens is 210 g/mol. The van der Waals surface area contributed by atoms with Gasteiger partial charge in [-0.2, -0.15) is 0 Å². The molecule has 2 heterocycles. The van der Waals surface area contributed by atoms with E-state index in [0.29, 0.717) is 6.04 Å². The minimum Gasteiger partial charge on any atom is -0.370 e. The van der Waals surface area contributed by atoms with Crippen LogP contribution in [0.3, 0.4) is 0 Å². The highest BCUT2D eigenvalue weighted by atomic mass is 15.2. The molecule has 94 valence electrons. The van der Waals surface area contributed by atoms with E-state index >= 15 is 0 Å². The van der Waals surface area contributed by atoms with Gasteiger partial charge in [-0.1, -0.05) is 20.8 Å². The number of pyridine rings is 1. The molecule has 1 atom stereocenters. The molecule has 1 aliphatic rings. The number of rotatable bonds is 1. The van der Waals surface area contributed by atoms with Gasteiger partial charge < -0.3 is 10.6 Å². The van der Waals surface area contributed by atoms with Gasteiger partial charge in [0, 0.05) is 37.2 Å². The van der Waals surface area contributed by atoms with Gasteiger partial charge in [-0.25, -0.2) is 0 Å². The van der Waals surface area contributed by atoms with Crippen molar-refractivity contribution >= 4 is 5.69 Å².